The van der Waals surface area contributed by atoms with Gasteiger partial charge in [-0.15, -0.1) is 23.1 Å². The first-order valence-electron chi connectivity index (χ1n) is 8.82. The fourth-order valence-corrected chi connectivity index (χ4v) is 4.53. The molecule has 0 radical (unpaired) electrons. The van der Waals surface area contributed by atoms with Gasteiger partial charge in [0, 0.05) is 28.3 Å². The van der Waals surface area contributed by atoms with Gasteiger partial charge in [-0.2, -0.15) is 0 Å². The first-order chi connectivity index (χ1) is 13.7. The molecule has 1 aromatic heterocycles. The van der Waals surface area contributed by atoms with Gasteiger partial charge in [0.1, 0.15) is 10.8 Å². The van der Waals surface area contributed by atoms with Crippen LogP contribution in [0.2, 0.25) is 0 Å². The van der Waals surface area contributed by atoms with Crippen molar-refractivity contribution in [1.29, 1.82) is 0 Å². The largest absolute Gasteiger partial charge is 0.326 e. The quantitative estimate of drug-likeness (QED) is 0.385. The van der Waals surface area contributed by atoms with Crippen molar-refractivity contribution in [2.24, 2.45) is 0 Å². The molecule has 0 aliphatic carbocycles. The first-order valence-corrected chi connectivity index (χ1v) is 10.6. The van der Waals surface area contributed by atoms with E-state index in [1.165, 1.54) is 23.9 Å². The van der Waals surface area contributed by atoms with E-state index in [2.05, 4.69) is 16.4 Å². The van der Waals surface area contributed by atoms with E-state index in [9.17, 15) is 9.18 Å². The van der Waals surface area contributed by atoms with Gasteiger partial charge in [-0.1, -0.05) is 12.1 Å². The Morgan fingerprint density at radius 2 is 1.75 bits per heavy atom. The van der Waals surface area contributed by atoms with E-state index >= 15 is 0 Å². The number of fused-ring (bicyclic) bond motifs is 1. The van der Waals surface area contributed by atoms with E-state index in [-0.39, 0.29) is 11.7 Å². The molecule has 0 atom stereocenters. The normalized spacial score (nSPS) is 10.9. The number of hydrogen-bond acceptors (Lipinski definition) is 4. The predicted molar refractivity (Wildman–Crippen MR) is 115 cm³/mol. The van der Waals surface area contributed by atoms with Crippen molar-refractivity contribution < 1.29 is 9.18 Å². The van der Waals surface area contributed by atoms with E-state index in [4.69, 9.17) is 0 Å². The summed E-state index contributed by atoms with van der Waals surface area (Å²) in [5.41, 5.74) is 2.80. The van der Waals surface area contributed by atoms with Gasteiger partial charge in [0.15, 0.2) is 0 Å². The van der Waals surface area contributed by atoms with Crippen molar-refractivity contribution in [1.82, 2.24) is 4.98 Å². The molecule has 0 aliphatic rings. The molecule has 1 heterocycles. The number of carbonyl (C=O) groups is 1. The Labute approximate surface area is 170 Å². The minimum atomic E-state index is -0.253. The van der Waals surface area contributed by atoms with Gasteiger partial charge in [-0.25, -0.2) is 9.37 Å². The molecule has 140 valence electrons. The van der Waals surface area contributed by atoms with Crippen LogP contribution in [0, 0.1) is 5.82 Å². The third kappa shape index (κ3) is 4.58. The number of halogens is 1. The Hall–Kier alpha value is -2.70. The fraction of sp³-hybridized carbons (Fsp3) is 0.0909. The summed E-state index contributed by atoms with van der Waals surface area (Å²) in [6, 6.07) is 22.1. The Bertz CT molecular complexity index is 1060. The molecule has 1 N–H and O–H groups in total. The third-order valence-corrected chi connectivity index (χ3v) is 6.22. The van der Waals surface area contributed by atoms with Crippen LogP contribution in [-0.4, -0.2) is 16.6 Å². The minimum Gasteiger partial charge on any atom is -0.326 e. The number of para-hydroxylation sites is 1. The highest BCUT2D eigenvalue weighted by atomic mass is 32.2. The zero-order valence-electron chi connectivity index (χ0n) is 14.9. The maximum absolute atomic E-state index is 12.9. The lowest BCUT2D eigenvalue weighted by molar-refractivity contribution is -0.115. The summed E-state index contributed by atoms with van der Waals surface area (Å²) >= 11 is 3.19. The molecule has 3 aromatic carbocycles. The summed E-state index contributed by atoms with van der Waals surface area (Å²) in [4.78, 5) is 17.7. The van der Waals surface area contributed by atoms with Gasteiger partial charge < -0.3 is 5.32 Å². The predicted octanol–water partition coefficient (Wildman–Crippen LogP) is 6.22. The molecule has 4 aromatic rings. The van der Waals surface area contributed by atoms with Crippen LogP contribution in [0.3, 0.4) is 0 Å². The Morgan fingerprint density at radius 3 is 2.50 bits per heavy atom. The van der Waals surface area contributed by atoms with E-state index < -0.39 is 0 Å². The summed E-state index contributed by atoms with van der Waals surface area (Å²) in [5, 5.41) is 3.88. The van der Waals surface area contributed by atoms with Crippen molar-refractivity contribution in [3.05, 3.63) is 78.6 Å². The van der Waals surface area contributed by atoms with Gasteiger partial charge >= 0.3 is 0 Å². The maximum atomic E-state index is 12.9. The zero-order valence-corrected chi connectivity index (χ0v) is 16.5. The summed E-state index contributed by atoms with van der Waals surface area (Å²) in [6.07, 6.45) is 0.391. The average molecular weight is 409 g/mol. The van der Waals surface area contributed by atoms with Crippen LogP contribution >= 0.6 is 23.1 Å². The number of nitrogens with one attached hydrogen (secondary N) is 1. The first kappa shape index (κ1) is 18.7. The summed E-state index contributed by atoms with van der Waals surface area (Å²) in [5.74, 6) is 0.347. The van der Waals surface area contributed by atoms with Gasteiger partial charge in [0.2, 0.25) is 5.91 Å². The summed E-state index contributed by atoms with van der Waals surface area (Å²) in [6.45, 7) is 0. The lowest BCUT2D eigenvalue weighted by atomic mass is 10.2. The van der Waals surface area contributed by atoms with Crippen LogP contribution in [0.5, 0.6) is 0 Å². The highest BCUT2D eigenvalue weighted by Gasteiger charge is 2.07. The number of thioether (sulfide) groups is 1. The van der Waals surface area contributed by atoms with Gasteiger partial charge in [0.05, 0.1) is 10.2 Å². The number of carbonyl (C=O) groups excluding carboxylic acids is 1. The van der Waals surface area contributed by atoms with Crippen LogP contribution in [0.15, 0.2) is 77.7 Å². The number of anilines is 1. The van der Waals surface area contributed by atoms with Crippen molar-refractivity contribution in [2.75, 3.05) is 11.1 Å². The Balaban J connectivity index is 1.32. The highest BCUT2D eigenvalue weighted by molar-refractivity contribution is 7.99. The second-order valence-electron chi connectivity index (χ2n) is 6.16. The molecule has 0 aliphatic heterocycles. The highest BCUT2D eigenvalue weighted by Crippen LogP contribution is 2.30. The minimum absolute atomic E-state index is 0.0395. The topological polar surface area (TPSA) is 42.0 Å². The molecule has 0 unspecified atom stereocenters. The van der Waals surface area contributed by atoms with Crippen molar-refractivity contribution in [2.45, 2.75) is 11.3 Å². The molecule has 3 nitrogen and oxygen atoms in total. The molecule has 28 heavy (non-hydrogen) atoms. The molecular formula is C22H17FN2OS2. The second kappa shape index (κ2) is 8.54. The molecule has 0 spiro atoms. The number of benzene rings is 3. The zero-order chi connectivity index (χ0) is 19.3. The number of nitrogens with zero attached hydrogens (tertiary/aromatic N) is 1. The standard InChI is InChI=1S/C22H17FN2OS2/c23-16-7-11-18(12-8-16)27-14-13-21(26)24-17-9-5-15(6-10-17)22-25-19-3-1-2-4-20(19)28-22/h1-12H,13-14H2,(H,24,26). The third-order valence-electron chi connectivity index (χ3n) is 4.12. The number of rotatable bonds is 6. The number of hydrogen-bond donors (Lipinski definition) is 1. The molecule has 4 rings (SSSR count). The number of thiazole rings is 1. The average Bonchev–Trinajstić information content (AvgIpc) is 3.14. The van der Waals surface area contributed by atoms with Crippen LogP contribution in [-0.2, 0) is 4.79 Å². The van der Waals surface area contributed by atoms with E-state index in [0.717, 1.165) is 31.4 Å². The Morgan fingerprint density at radius 1 is 1.00 bits per heavy atom. The number of aromatic nitrogens is 1. The monoisotopic (exact) mass is 408 g/mol. The second-order valence-corrected chi connectivity index (χ2v) is 8.36. The molecule has 0 saturated heterocycles. The molecule has 0 fully saturated rings. The van der Waals surface area contributed by atoms with Gasteiger partial charge in [-0.3, -0.25) is 4.79 Å². The lowest BCUT2D eigenvalue weighted by Gasteiger charge is -2.06. The molecular weight excluding hydrogens is 391 g/mol. The van der Waals surface area contributed by atoms with Crippen molar-refractivity contribution in [3.63, 3.8) is 0 Å². The smallest absolute Gasteiger partial charge is 0.225 e. The van der Waals surface area contributed by atoms with Crippen molar-refractivity contribution in [3.8, 4) is 10.6 Å². The lowest BCUT2D eigenvalue weighted by Crippen LogP contribution is -2.12. The molecule has 1 amide bonds. The van der Waals surface area contributed by atoms with E-state index in [0.29, 0.717) is 12.2 Å². The fourth-order valence-electron chi connectivity index (χ4n) is 2.71. The van der Waals surface area contributed by atoms with E-state index in [1.807, 2.05) is 42.5 Å². The van der Waals surface area contributed by atoms with Gasteiger partial charge in [-0.05, 0) is 60.7 Å². The van der Waals surface area contributed by atoms with Crippen LogP contribution in [0.25, 0.3) is 20.8 Å². The molecule has 6 heteroatoms. The van der Waals surface area contributed by atoms with E-state index in [1.54, 1.807) is 23.5 Å². The van der Waals surface area contributed by atoms with Gasteiger partial charge in [0.25, 0.3) is 0 Å². The van der Waals surface area contributed by atoms with Crippen molar-refractivity contribution >= 4 is 44.9 Å². The summed E-state index contributed by atoms with van der Waals surface area (Å²) in [7, 11) is 0. The summed E-state index contributed by atoms with van der Waals surface area (Å²) < 4.78 is 14.1. The Kier molecular flexibility index (Phi) is 5.69. The number of amides is 1. The SMILES string of the molecule is O=C(CCSc1ccc(F)cc1)Nc1ccc(-c2nc3ccccc3s2)cc1. The van der Waals surface area contributed by atoms with Crippen LogP contribution in [0.4, 0.5) is 10.1 Å². The molecule has 0 bridgehead atoms. The van der Waals surface area contributed by atoms with Crippen LogP contribution < -0.4 is 5.32 Å². The maximum Gasteiger partial charge on any atom is 0.225 e. The van der Waals surface area contributed by atoms with Crippen LogP contribution in [0.1, 0.15) is 6.42 Å². The molecule has 0 saturated carbocycles.